The summed E-state index contributed by atoms with van der Waals surface area (Å²) in [7, 11) is 2.03. The number of hydrogen-bond acceptors (Lipinski definition) is 6. The number of alkyl halides is 3. The smallest absolute Gasteiger partial charge is 0.374 e. The van der Waals surface area contributed by atoms with E-state index in [4.69, 9.17) is 0 Å². The third-order valence-corrected chi connectivity index (χ3v) is 6.54. The van der Waals surface area contributed by atoms with Crippen LogP contribution in [0.2, 0.25) is 0 Å². The second kappa shape index (κ2) is 9.64. The summed E-state index contributed by atoms with van der Waals surface area (Å²) in [5, 5.41) is 14.1. The molecule has 1 aliphatic heterocycles. The topological polar surface area (TPSA) is 68.7 Å². The van der Waals surface area contributed by atoms with Crippen molar-refractivity contribution in [3.63, 3.8) is 0 Å². The van der Waals surface area contributed by atoms with Crippen LogP contribution < -0.4 is 5.32 Å². The molecule has 2 N–H and O–H groups in total. The first-order chi connectivity index (χ1) is 14.6. The molecule has 1 aliphatic rings. The lowest BCUT2D eigenvalue weighted by Crippen LogP contribution is -2.49. The fourth-order valence-electron chi connectivity index (χ4n) is 3.53. The Bertz CT molecular complexity index is 869. The number of piperazine rings is 1. The predicted octanol–water partition coefficient (Wildman–Crippen LogP) is 2.70. The molecule has 0 bridgehead atoms. The van der Waals surface area contributed by atoms with Crippen molar-refractivity contribution in [2.24, 2.45) is 0 Å². The zero-order chi connectivity index (χ0) is 22.6. The molecule has 1 aromatic carbocycles. The Kier molecular flexibility index (Phi) is 7.35. The van der Waals surface area contributed by atoms with Crippen LogP contribution in [0.1, 0.15) is 28.7 Å². The molecule has 10 heteroatoms. The highest BCUT2D eigenvalue weighted by atomic mass is 32.1. The first kappa shape index (κ1) is 23.6. The van der Waals surface area contributed by atoms with Gasteiger partial charge in [0.1, 0.15) is 5.01 Å². The Morgan fingerprint density at radius 1 is 1.23 bits per heavy atom. The number of thiazole rings is 1. The molecule has 2 unspecified atom stereocenters. The summed E-state index contributed by atoms with van der Waals surface area (Å²) in [4.78, 5) is 20.9. The van der Waals surface area contributed by atoms with Gasteiger partial charge in [-0.3, -0.25) is 9.69 Å². The van der Waals surface area contributed by atoms with Crippen LogP contribution in [0, 0.1) is 6.92 Å². The maximum absolute atomic E-state index is 13.8. The van der Waals surface area contributed by atoms with Gasteiger partial charge in [-0.2, -0.15) is 13.2 Å². The van der Waals surface area contributed by atoms with Crippen LogP contribution >= 0.6 is 11.3 Å². The third kappa shape index (κ3) is 5.82. The number of carbonyl (C=O) groups excluding carboxylic acids is 1. The molecular weight excluding hydrogens is 429 g/mol. The lowest BCUT2D eigenvalue weighted by molar-refractivity contribution is -0.267. The van der Waals surface area contributed by atoms with Crippen LogP contribution in [-0.2, 0) is 10.4 Å². The Morgan fingerprint density at radius 2 is 1.87 bits per heavy atom. The monoisotopic (exact) mass is 456 g/mol. The molecule has 1 amide bonds. The molecule has 0 aliphatic carbocycles. The lowest BCUT2D eigenvalue weighted by Gasteiger charge is -2.35. The van der Waals surface area contributed by atoms with Crippen LogP contribution in [0.3, 0.4) is 0 Å². The van der Waals surface area contributed by atoms with Crippen molar-refractivity contribution in [3.05, 3.63) is 52.0 Å². The maximum Gasteiger partial charge on any atom is 0.424 e. The van der Waals surface area contributed by atoms with E-state index in [2.05, 4.69) is 20.1 Å². The van der Waals surface area contributed by atoms with E-state index in [-0.39, 0.29) is 0 Å². The number of likely N-dealkylation sites (N-methyl/N-ethyl adjacent to an activating group) is 1. The highest BCUT2D eigenvalue weighted by Gasteiger charge is 2.58. The van der Waals surface area contributed by atoms with Gasteiger partial charge >= 0.3 is 6.18 Å². The molecule has 0 radical (unpaired) electrons. The van der Waals surface area contributed by atoms with E-state index in [1.165, 1.54) is 5.38 Å². The number of hydrogen-bond donors (Lipinski definition) is 2. The minimum Gasteiger partial charge on any atom is -0.374 e. The van der Waals surface area contributed by atoms with E-state index in [1.807, 2.05) is 37.4 Å². The zero-order valence-corrected chi connectivity index (χ0v) is 18.3. The SMILES string of the molecule is Cc1csc(C(O)(CC(=O)NC(CN2CCN(C)CC2)c2ccccc2)C(F)(F)F)n1. The van der Waals surface area contributed by atoms with Crippen LogP contribution in [0.15, 0.2) is 35.7 Å². The average molecular weight is 457 g/mol. The first-order valence-electron chi connectivity index (χ1n) is 10.1. The summed E-state index contributed by atoms with van der Waals surface area (Å²) in [5.74, 6) is -0.879. The molecule has 2 atom stereocenters. The number of carbonyl (C=O) groups is 1. The van der Waals surface area contributed by atoms with Gasteiger partial charge in [0.15, 0.2) is 0 Å². The summed E-state index contributed by atoms with van der Waals surface area (Å²) in [5.41, 5.74) is -2.17. The van der Waals surface area contributed by atoms with Gasteiger partial charge in [-0.1, -0.05) is 30.3 Å². The number of amides is 1. The fourth-order valence-corrected chi connectivity index (χ4v) is 4.44. The summed E-state index contributed by atoms with van der Waals surface area (Å²) < 4.78 is 41.3. The standard InChI is InChI=1S/C21H27F3N4O2S/c1-15-14-31-19(25-15)20(30,21(22,23)24)12-18(29)26-17(16-6-4-3-5-7-16)13-28-10-8-27(2)9-11-28/h3-7,14,17,30H,8-13H2,1-2H3,(H,26,29). The van der Waals surface area contributed by atoms with Crippen LogP contribution in [-0.4, -0.2) is 71.7 Å². The molecule has 2 aromatic rings. The zero-order valence-electron chi connectivity index (χ0n) is 17.5. The first-order valence-corrected chi connectivity index (χ1v) is 10.9. The second-order valence-electron chi connectivity index (χ2n) is 7.96. The quantitative estimate of drug-likeness (QED) is 0.671. The highest BCUT2D eigenvalue weighted by Crippen LogP contribution is 2.42. The number of nitrogens with zero attached hydrogens (tertiary/aromatic N) is 3. The summed E-state index contributed by atoms with van der Waals surface area (Å²) in [6.45, 7) is 5.39. The van der Waals surface area contributed by atoms with E-state index >= 15 is 0 Å². The Hall–Kier alpha value is -2.01. The maximum atomic E-state index is 13.8. The van der Waals surface area contributed by atoms with Crippen molar-refractivity contribution in [2.45, 2.75) is 31.2 Å². The van der Waals surface area contributed by atoms with Gasteiger partial charge in [0.2, 0.25) is 11.5 Å². The molecule has 31 heavy (non-hydrogen) atoms. The molecule has 170 valence electrons. The second-order valence-corrected chi connectivity index (χ2v) is 8.82. The van der Waals surface area contributed by atoms with E-state index < -0.39 is 35.2 Å². The van der Waals surface area contributed by atoms with Crippen LogP contribution in [0.4, 0.5) is 13.2 Å². The van der Waals surface area contributed by atoms with Crippen molar-refractivity contribution in [1.82, 2.24) is 20.1 Å². The average Bonchev–Trinajstić information content (AvgIpc) is 3.16. The van der Waals surface area contributed by atoms with Gasteiger partial charge in [-0.05, 0) is 19.5 Å². The molecule has 1 saturated heterocycles. The minimum atomic E-state index is -5.03. The molecular formula is C21H27F3N4O2S. The number of aliphatic hydroxyl groups is 1. The van der Waals surface area contributed by atoms with Crippen molar-refractivity contribution in [2.75, 3.05) is 39.8 Å². The van der Waals surface area contributed by atoms with Crippen molar-refractivity contribution < 1.29 is 23.1 Å². The molecule has 6 nitrogen and oxygen atoms in total. The third-order valence-electron chi connectivity index (χ3n) is 5.43. The Morgan fingerprint density at radius 3 is 2.42 bits per heavy atom. The van der Waals surface area contributed by atoms with Gasteiger partial charge in [0, 0.05) is 43.8 Å². The summed E-state index contributed by atoms with van der Waals surface area (Å²) >= 11 is 0.695. The van der Waals surface area contributed by atoms with Gasteiger partial charge in [0.05, 0.1) is 12.5 Å². The van der Waals surface area contributed by atoms with Gasteiger partial charge in [0.25, 0.3) is 0 Å². The van der Waals surface area contributed by atoms with Crippen molar-refractivity contribution in [3.8, 4) is 0 Å². The molecule has 0 spiro atoms. The molecule has 1 fully saturated rings. The van der Waals surface area contributed by atoms with Gasteiger partial charge < -0.3 is 15.3 Å². The number of aromatic nitrogens is 1. The predicted molar refractivity (Wildman–Crippen MR) is 113 cm³/mol. The largest absolute Gasteiger partial charge is 0.424 e. The number of nitrogens with one attached hydrogen (secondary N) is 1. The number of rotatable bonds is 7. The van der Waals surface area contributed by atoms with E-state index in [0.29, 0.717) is 23.6 Å². The minimum absolute atomic E-state index is 0.361. The summed E-state index contributed by atoms with van der Waals surface area (Å²) in [6, 6.07) is 8.66. The van der Waals surface area contributed by atoms with Gasteiger partial charge in [-0.25, -0.2) is 4.98 Å². The van der Waals surface area contributed by atoms with Crippen molar-refractivity contribution in [1.29, 1.82) is 0 Å². The summed E-state index contributed by atoms with van der Waals surface area (Å²) in [6.07, 6.45) is -6.18. The molecule has 3 rings (SSSR count). The Labute approximate surface area is 183 Å². The molecule has 2 heterocycles. The van der Waals surface area contributed by atoms with Crippen LogP contribution in [0.25, 0.3) is 0 Å². The van der Waals surface area contributed by atoms with Crippen molar-refractivity contribution >= 4 is 17.2 Å². The van der Waals surface area contributed by atoms with E-state index in [9.17, 15) is 23.1 Å². The lowest BCUT2D eigenvalue weighted by atomic mass is 9.98. The van der Waals surface area contributed by atoms with E-state index in [0.717, 1.165) is 31.7 Å². The van der Waals surface area contributed by atoms with Crippen LogP contribution in [0.5, 0.6) is 0 Å². The number of halogens is 3. The Balaban J connectivity index is 1.77. The normalized spacial score (nSPS) is 19.0. The number of aryl methyl sites for hydroxylation is 1. The fraction of sp³-hybridized carbons (Fsp3) is 0.524. The molecule has 1 aromatic heterocycles. The molecule has 0 saturated carbocycles. The highest BCUT2D eigenvalue weighted by molar-refractivity contribution is 7.09. The number of benzene rings is 1. The van der Waals surface area contributed by atoms with E-state index in [1.54, 1.807) is 6.92 Å². The van der Waals surface area contributed by atoms with Gasteiger partial charge in [-0.15, -0.1) is 11.3 Å².